The Hall–Kier alpha value is -1.85. The van der Waals surface area contributed by atoms with E-state index in [-0.39, 0.29) is 18.6 Å². The normalized spacial score (nSPS) is 18.5. The standard InChI is InChI=1S/C16H18ClN3O2/c1-11-9-18-7-8-20(11)15(21)10-22-14-5-4-13(17)12-3-2-6-19-16(12)14/h2-6,11,18H,7-10H2,1H3. The highest BCUT2D eigenvalue weighted by molar-refractivity contribution is 6.35. The molecule has 22 heavy (non-hydrogen) atoms. The largest absolute Gasteiger partial charge is 0.481 e. The van der Waals surface area contributed by atoms with Crippen LogP contribution in [-0.4, -0.2) is 48.1 Å². The molecule has 0 saturated carbocycles. The van der Waals surface area contributed by atoms with Gasteiger partial charge in [0.1, 0.15) is 11.3 Å². The molecule has 1 fully saturated rings. The number of carbonyl (C=O) groups is 1. The lowest BCUT2D eigenvalue weighted by Gasteiger charge is -2.33. The van der Waals surface area contributed by atoms with Crippen LogP contribution < -0.4 is 10.1 Å². The second-order valence-electron chi connectivity index (χ2n) is 5.37. The summed E-state index contributed by atoms with van der Waals surface area (Å²) in [5.74, 6) is 0.573. The maximum Gasteiger partial charge on any atom is 0.260 e. The van der Waals surface area contributed by atoms with Crippen LogP contribution in [0.2, 0.25) is 5.02 Å². The molecule has 1 aromatic heterocycles. The van der Waals surface area contributed by atoms with Crippen molar-refractivity contribution in [1.29, 1.82) is 0 Å². The highest BCUT2D eigenvalue weighted by Gasteiger charge is 2.23. The van der Waals surface area contributed by atoms with Gasteiger partial charge in [0.05, 0.1) is 5.02 Å². The molecule has 0 spiro atoms. The predicted molar refractivity (Wildman–Crippen MR) is 86.3 cm³/mol. The molecular weight excluding hydrogens is 302 g/mol. The molecule has 1 aliphatic rings. The number of pyridine rings is 1. The first kappa shape index (κ1) is 15.1. The van der Waals surface area contributed by atoms with Crippen LogP contribution in [0.5, 0.6) is 5.75 Å². The monoisotopic (exact) mass is 319 g/mol. The first-order valence-electron chi connectivity index (χ1n) is 7.33. The van der Waals surface area contributed by atoms with Crippen LogP contribution in [0.25, 0.3) is 10.9 Å². The summed E-state index contributed by atoms with van der Waals surface area (Å²) in [4.78, 5) is 18.5. The average Bonchev–Trinajstić information content (AvgIpc) is 2.55. The number of rotatable bonds is 3. The van der Waals surface area contributed by atoms with E-state index in [1.807, 2.05) is 24.0 Å². The van der Waals surface area contributed by atoms with Gasteiger partial charge in [0.25, 0.3) is 5.91 Å². The molecule has 1 aromatic carbocycles. The van der Waals surface area contributed by atoms with E-state index < -0.39 is 0 Å². The Bertz CT molecular complexity index is 692. The summed E-state index contributed by atoms with van der Waals surface area (Å²) in [6.07, 6.45) is 1.69. The minimum Gasteiger partial charge on any atom is -0.481 e. The minimum atomic E-state index is -0.00645. The molecular formula is C16H18ClN3O2. The molecule has 2 heterocycles. The summed E-state index contributed by atoms with van der Waals surface area (Å²) in [7, 11) is 0. The molecule has 0 bridgehead atoms. The maximum atomic E-state index is 12.3. The highest BCUT2D eigenvalue weighted by Crippen LogP contribution is 2.29. The summed E-state index contributed by atoms with van der Waals surface area (Å²) in [5, 5.41) is 4.71. The van der Waals surface area contributed by atoms with Crippen LogP contribution in [0.4, 0.5) is 0 Å². The molecule has 116 valence electrons. The number of ether oxygens (including phenoxy) is 1. The van der Waals surface area contributed by atoms with E-state index in [2.05, 4.69) is 10.3 Å². The Kier molecular flexibility index (Phi) is 4.45. The van der Waals surface area contributed by atoms with Crippen LogP contribution in [0, 0.1) is 0 Å². The van der Waals surface area contributed by atoms with Crippen molar-refractivity contribution in [1.82, 2.24) is 15.2 Å². The van der Waals surface area contributed by atoms with Crippen molar-refractivity contribution in [3.63, 3.8) is 0 Å². The van der Waals surface area contributed by atoms with Gasteiger partial charge < -0.3 is 15.0 Å². The van der Waals surface area contributed by atoms with Crippen molar-refractivity contribution in [2.45, 2.75) is 13.0 Å². The molecule has 3 rings (SSSR count). The maximum absolute atomic E-state index is 12.3. The Morgan fingerprint density at radius 3 is 3.18 bits per heavy atom. The number of piperazine rings is 1. The number of benzene rings is 1. The van der Waals surface area contributed by atoms with E-state index >= 15 is 0 Å². The van der Waals surface area contributed by atoms with Gasteiger partial charge in [0.2, 0.25) is 0 Å². The summed E-state index contributed by atoms with van der Waals surface area (Å²) < 4.78 is 5.70. The van der Waals surface area contributed by atoms with E-state index in [9.17, 15) is 4.79 Å². The molecule has 5 nitrogen and oxygen atoms in total. The fourth-order valence-electron chi connectivity index (χ4n) is 2.66. The zero-order valence-corrected chi connectivity index (χ0v) is 13.1. The quantitative estimate of drug-likeness (QED) is 0.941. The van der Waals surface area contributed by atoms with E-state index in [1.165, 1.54) is 0 Å². The molecule has 1 unspecified atom stereocenters. The first-order chi connectivity index (χ1) is 10.7. The predicted octanol–water partition coefficient (Wildman–Crippen LogP) is 2.09. The number of halogens is 1. The van der Waals surface area contributed by atoms with Gasteiger partial charge in [-0.25, -0.2) is 0 Å². The lowest BCUT2D eigenvalue weighted by Crippen LogP contribution is -2.53. The van der Waals surface area contributed by atoms with Crippen molar-refractivity contribution in [2.24, 2.45) is 0 Å². The SMILES string of the molecule is CC1CNCCN1C(=O)COc1ccc(Cl)c2cccnc12. The topological polar surface area (TPSA) is 54.5 Å². The van der Waals surface area contributed by atoms with Gasteiger partial charge in [-0.2, -0.15) is 0 Å². The molecule has 1 N–H and O–H groups in total. The zero-order valence-electron chi connectivity index (χ0n) is 12.4. The van der Waals surface area contributed by atoms with Gasteiger partial charge in [-0.15, -0.1) is 0 Å². The van der Waals surface area contributed by atoms with Gasteiger partial charge in [-0.1, -0.05) is 11.6 Å². The van der Waals surface area contributed by atoms with Crippen LogP contribution in [-0.2, 0) is 4.79 Å². The van der Waals surface area contributed by atoms with E-state index in [0.717, 1.165) is 18.5 Å². The number of nitrogens with one attached hydrogen (secondary N) is 1. The number of aromatic nitrogens is 1. The molecule has 1 atom stereocenters. The van der Waals surface area contributed by atoms with Crippen LogP contribution >= 0.6 is 11.6 Å². The average molecular weight is 320 g/mol. The molecule has 1 aliphatic heterocycles. The Morgan fingerprint density at radius 2 is 2.36 bits per heavy atom. The van der Waals surface area contributed by atoms with Gasteiger partial charge in [-0.05, 0) is 31.2 Å². The van der Waals surface area contributed by atoms with E-state index in [1.54, 1.807) is 18.3 Å². The summed E-state index contributed by atoms with van der Waals surface area (Å²) >= 11 is 6.15. The number of carbonyl (C=O) groups excluding carboxylic acids is 1. The van der Waals surface area contributed by atoms with Crippen LogP contribution in [0.15, 0.2) is 30.5 Å². The third kappa shape index (κ3) is 3.00. The number of fused-ring (bicyclic) bond motifs is 1. The third-order valence-corrected chi connectivity index (χ3v) is 4.18. The Labute approximate surface area is 134 Å². The van der Waals surface area contributed by atoms with Crippen LogP contribution in [0.1, 0.15) is 6.92 Å². The van der Waals surface area contributed by atoms with Crippen molar-refractivity contribution < 1.29 is 9.53 Å². The zero-order chi connectivity index (χ0) is 15.5. The van der Waals surface area contributed by atoms with E-state index in [4.69, 9.17) is 16.3 Å². The van der Waals surface area contributed by atoms with Crippen molar-refractivity contribution in [3.8, 4) is 5.75 Å². The Morgan fingerprint density at radius 1 is 1.50 bits per heavy atom. The number of hydrogen-bond donors (Lipinski definition) is 1. The highest BCUT2D eigenvalue weighted by atomic mass is 35.5. The minimum absolute atomic E-state index is 0.00645. The molecule has 0 radical (unpaired) electrons. The van der Waals surface area contributed by atoms with Crippen molar-refractivity contribution in [2.75, 3.05) is 26.2 Å². The molecule has 6 heteroatoms. The first-order valence-corrected chi connectivity index (χ1v) is 7.71. The molecule has 0 aliphatic carbocycles. The van der Waals surface area contributed by atoms with Crippen molar-refractivity contribution >= 4 is 28.4 Å². The summed E-state index contributed by atoms with van der Waals surface area (Å²) in [5.41, 5.74) is 0.677. The summed E-state index contributed by atoms with van der Waals surface area (Å²) in [6.45, 7) is 4.39. The van der Waals surface area contributed by atoms with Gasteiger partial charge >= 0.3 is 0 Å². The third-order valence-electron chi connectivity index (χ3n) is 3.85. The molecule has 1 saturated heterocycles. The smallest absolute Gasteiger partial charge is 0.260 e. The second kappa shape index (κ2) is 6.50. The van der Waals surface area contributed by atoms with Gasteiger partial charge in [-0.3, -0.25) is 9.78 Å². The fourth-order valence-corrected chi connectivity index (χ4v) is 2.88. The number of hydrogen-bond acceptors (Lipinski definition) is 4. The van der Waals surface area contributed by atoms with Crippen LogP contribution in [0.3, 0.4) is 0 Å². The lowest BCUT2D eigenvalue weighted by atomic mass is 10.2. The van der Waals surface area contributed by atoms with Gasteiger partial charge in [0, 0.05) is 37.3 Å². The van der Waals surface area contributed by atoms with E-state index in [0.29, 0.717) is 22.8 Å². The number of nitrogens with zero attached hydrogens (tertiary/aromatic N) is 2. The lowest BCUT2D eigenvalue weighted by molar-refractivity contribution is -0.136. The van der Waals surface area contributed by atoms with Gasteiger partial charge in [0.15, 0.2) is 6.61 Å². The molecule has 1 amide bonds. The number of amides is 1. The Balaban J connectivity index is 1.74. The molecule has 2 aromatic rings. The van der Waals surface area contributed by atoms with Crippen molar-refractivity contribution in [3.05, 3.63) is 35.5 Å². The second-order valence-corrected chi connectivity index (χ2v) is 5.78. The summed E-state index contributed by atoms with van der Waals surface area (Å²) in [6, 6.07) is 7.42. The fraction of sp³-hybridized carbons (Fsp3) is 0.375.